The van der Waals surface area contributed by atoms with E-state index in [1.807, 2.05) is 51.1 Å². The van der Waals surface area contributed by atoms with Crippen LogP contribution in [0.4, 0.5) is 21.8 Å². The first kappa shape index (κ1) is 19.4. The summed E-state index contributed by atoms with van der Waals surface area (Å²) in [7, 11) is 3.70. The molecule has 0 bridgehead atoms. The van der Waals surface area contributed by atoms with Crippen molar-refractivity contribution in [2.75, 3.05) is 24.3 Å². The molecule has 3 aromatic heterocycles. The lowest BCUT2D eigenvalue weighted by atomic mass is 10.2. The van der Waals surface area contributed by atoms with Crippen molar-refractivity contribution in [1.82, 2.24) is 25.1 Å². The zero-order chi connectivity index (χ0) is 21.3. The number of nitrogens with one attached hydrogen (secondary N) is 3. The summed E-state index contributed by atoms with van der Waals surface area (Å²) >= 11 is 0. The van der Waals surface area contributed by atoms with E-state index < -0.39 is 5.82 Å². The lowest BCUT2D eigenvalue weighted by Crippen LogP contribution is -2.12. The highest BCUT2D eigenvalue weighted by atomic mass is 19.1. The van der Waals surface area contributed by atoms with Gasteiger partial charge >= 0.3 is 6.01 Å². The number of anilines is 3. The molecule has 4 aromatic rings. The average molecular weight is 407 g/mol. The summed E-state index contributed by atoms with van der Waals surface area (Å²) in [5.41, 5.74) is 2.43. The largest absolute Gasteiger partial charge is 0.421 e. The molecule has 0 atom stereocenters. The van der Waals surface area contributed by atoms with E-state index in [0.29, 0.717) is 28.4 Å². The van der Waals surface area contributed by atoms with Gasteiger partial charge in [0, 0.05) is 42.8 Å². The molecule has 0 unspecified atom stereocenters. The summed E-state index contributed by atoms with van der Waals surface area (Å²) < 4.78 is 20.6. The number of aryl methyl sites for hydroxylation is 1. The van der Waals surface area contributed by atoms with Crippen molar-refractivity contribution in [3.63, 3.8) is 0 Å². The lowest BCUT2D eigenvalue weighted by Gasteiger charge is -2.14. The number of aromatic amines is 2. The quantitative estimate of drug-likeness (QED) is 0.426. The Hall–Kier alpha value is -3.88. The highest BCUT2D eigenvalue weighted by Crippen LogP contribution is 2.30. The molecule has 0 fully saturated rings. The second-order valence-electron chi connectivity index (χ2n) is 7.02. The molecule has 0 saturated heterocycles. The zero-order valence-corrected chi connectivity index (χ0v) is 17.1. The number of hydrogen-bond donors (Lipinski definition) is 3. The predicted octanol–water partition coefficient (Wildman–Crippen LogP) is 4.76. The maximum atomic E-state index is 14.9. The minimum Gasteiger partial charge on any atom is -0.421 e. The van der Waals surface area contributed by atoms with Gasteiger partial charge in [0.15, 0.2) is 17.4 Å². The van der Waals surface area contributed by atoms with Crippen molar-refractivity contribution in [1.29, 1.82) is 0 Å². The molecule has 0 radical (unpaired) electrons. The third-order valence-electron chi connectivity index (χ3n) is 4.39. The highest BCUT2D eigenvalue weighted by molar-refractivity contribution is 5.82. The van der Waals surface area contributed by atoms with Crippen LogP contribution in [-0.2, 0) is 0 Å². The van der Waals surface area contributed by atoms with Gasteiger partial charge in [0.1, 0.15) is 11.6 Å². The number of halogens is 1. The Bertz CT molecular complexity index is 1230. The Balaban J connectivity index is 1.66. The Kier molecular flexibility index (Phi) is 5.09. The van der Waals surface area contributed by atoms with E-state index in [0.717, 1.165) is 11.4 Å². The summed E-state index contributed by atoms with van der Waals surface area (Å²) in [6.07, 6.45) is 3.81. The van der Waals surface area contributed by atoms with Crippen molar-refractivity contribution in [3.05, 3.63) is 53.6 Å². The zero-order valence-electron chi connectivity index (χ0n) is 17.1. The number of aromatic nitrogens is 5. The Labute approximate surface area is 172 Å². The van der Waals surface area contributed by atoms with E-state index in [4.69, 9.17) is 4.74 Å². The van der Waals surface area contributed by atoms with E-state index in [1.165, 1.54) is 0 Å². The smallest absolute Gasteiger partial charge is 0.326 e. The lowest BCUT2D eigenvalue weighted by molar-refractivity contribution is 0.414. The minimum absolute atomic E-state index is 0.0263. The Morgan fingerprint density at radius 1 is 1.13 bits per heavy atom. The Morgan fingerprint density at radius 2 is 1.97 bits per heavy atom. The van der Waals surface area contributed by atoms with Gasteiger partial charge in [-0.25, -0.2) is 4.39 Å². The van der Waals surface area contributed by atoms with Crippen LogP contribution < -0.4 is 15.0 Å². The molecule has 0 amide bonds. The maximum Gasteiger partial charge on any atom is 0.326 e. The molecule has 0 aliphatic heterocycles. The van der Waals surface area contributed by atoms with Crippen molar-refractivity contribution < 1.29 is 9.13 Å². The molecule has 3 N–H and O–H groups in total. The molecule has 0 aliphatic carbocycles. The van der Waals surface area contributed by atoms with Crippen LogP contribution in [-0.4, -0.2) is 39.2 Å². The topological polar surface area (TPSA) is 94.8 Å². The summed E-state index contributed by atoms with van der Waals surface area (Å²) in [4.78, 5) is 13.7. The van der Waals surface area contributed by atoms with Crippen LogP contribution in [0.25, 0.3) is 17.0 Å². The summed E-state index contributed by atoms with van der Waals surface area (Å²) in [5.74, 6) is 1.26. The van der Waals surface area contributed by atoms with Crippen molar-refractivity contribution >= 4 is 34.4 Å². The number of fused-ring (bicyclic) bond motifs is 1. The molecule has 0 aliphatic rings. The maximum absolute atomic E-state index is 14.9. The standard InChI is InChI=1S/C21H22FN7O/c1-5-6-13-10-18(28-27-13)24-17-11-19(29(3)4)26-21(25-17)30-16-8-7-15-14(20(16)22)9-12(2)23-15/h5-11,23H,1-4H3,(H2,24,25,26,27,28)/b6-5+. The summed E-state index contributed by atoms with van der Waals surface area (Å²) in [6.45, 7) is 3.80. The normalized spacial score (nSPS) is 11.4. The molecule has 3 heterocycles. The van der Waals surface area contributed by atoms with Crippen LogP contribution in [0.3, 0.4) is 0 Å². The van der Waals surface area contributed by atoms with E-state index in [2.05, 4.69) is 30.5 Å². The van der Waals surface area contributed by atoms with Gasteiger partial charge in [-0.15, -0.1) is 0 Å². The summed E-state index contributed by atoms with van der Waals surface area (Å²) in [6, 6.07) is 8.69. The fourth-order valence-corrected chi connectivity index (χ4v) is 3.01. The van der Waals surface area contributed by atoms with Crippen LogP contribution in [0.2, 0.25) is 0 Å². The van der Waals surface area contributed by atoms with Crippen LogP contribution in [0.1, 0.15) is 18.3 Å². The van der Waals surface area contributed by atoms with E-state index >= 15 is 0 Å². The summed E-state index contributed by atoms with van der Waals surface area (Å²) in [5, 5.41) is 10.7. The monoisotopic (exact) mass is 407 g/mol. The van der Waals surface area contributed by atoms with Gasteiger partial charge in [-0.05, 0) is 38.1 Å². The predicted molar refractivity (Wildman–Crippen MR) is 116 cm³/mol. The molecular weight excluding hydrogens is 385 g/mol. The van der Waals surface area contributed by atoms with Gasteiger partial charge in [-0.2, -0.15) is 15.1 Å². The average Bonchev–Trinajstić information content (AvgIpc) is 3.30. The SMILES string of the molecule is C/C=C/c1cc(Nc2cc(N(C)C)nc(Oc3ccc4[nH]c(C)cc4c3F)n2)n[nH]1. The van der Waals surface area contributed by atoms with Crippen LogP contribution >= 0.6 is 0 Å². The first-order valence-electron chi connectivity index (χ1n) is 9.40. The molecule has 4 rings (SSSR count). The van der Waals surface area contributed by atoms with E-state index in [1.54, 1.807) is 24.3 Å². The van der Waals surface area contributed by atoms with Gasteiger partial charge in [-0.1, -0.05) is 6.08 Å². The third kappa shape index (κ3) is 3.95. The number of hydrogen-bond acceptors (Lipinski definition) is 6. The van der Waals surface area contributed by atoms with Gasteiger partial charge in [0.2, 0.25) is 0 Å². The molecule has 0 saturated carbocycles. The molecule has 30 heavy (non-hydrogen) atoms. The number of nitrogens with zero attached hydrogens (tertiary/aromatic N) is 4. The first-order valence-corrected chi connectivity index (χ1v) is 9.40. The van der Waals surface area contributed by atoms with Crippen LogP contribution in [0.5, 0.6) is 11.8 Å². The number of H-pyrrole nitrogens is 2. The van der Waals surface area contributed by atoms with Crippen molar-refractivity contribution in [2.24, 2.45) is 0 Å². The van der Waals surface area contributed by atoms with E-state index in [-0.39, 0.29) is 11.8 Å². The molecule has 1 aromatic carbocycles. The molecule has 8 nitrogen and oxygen atoms in total. The van der Waals surface area contributed by atoms with Gasteiger partial charge in [0.05, 0.1) is 5.69 Å². The van der Waals surface area contributed by atoms with Crippen LogP contribution in [0.15, 0.2) is 36.4 Å². The van der Waals surface area contributed by atoms with Crippen molar-refractivity contribution in [2.45, 2.75) is 13.8 Å². The van der Waals surface area contributed by atoms with Gasteiger partial charge < -0.3 is 19.9 Å². The fraction of sp³-hybridized carbons (Fsp3) is 0.190. The highest BCUT2D eigenvalue weighted by Gasteiger charge is 2.15. The molecule has 0 spiro atoms. The molecule has 154 valence electrons. The van der Waals surface area contributed by atoms with Gasteiger partial charge in [0.25, 0.3) is 0 Å². The molecule has 9 heteroatoms. The number of rotatable bonds is 6. The van der Waals surface area contributed by atoms with Crippen LogP contribution in [0, 0.1) is 12.7 Å². The number of ether oxygens (including phenoxy) is 1. The number of benzene rings is 1. The van der Waals surface area contributed by atoms with Gasteiger partial charge in [-0.3, -0.25) is 5.10 Å². The first-order chi connectivity index (χ1) is 14.4. The number of allylic oxidation sites excluding steroid dienone is 1. The third-order valence-corrected chi connectivity index (χ3v) is 4.39. The van der Waals surface area contributed by atoms with Crippen molar-refractivity contribution in [3.8, 4) is 11.8 Å². The van der Waals surface area contributed by atoms with E-state index in [9.17, 15) is 4.39 Å². The second-order valence-corrected chi connectivity index (χ2v) is 7.02. The second kappa shape index (κ2) is 7.86. The fourth-order valence-electron chi connectivity index (χ4n) is 3.01. The minimum atomic E-state index is -0.464. The molecular formula is C21H22FN7O. The Morgan fingerprint density at radius 3 is 2.73 bits per heavy atom.